The second kappa shape index (κ2) is 5.87. The molecule has 0 spiro atoms. The molecule has 0 radical (unpaired) electrons. The lowest BCUT2D eigenvalue weighted by atomic mass is 9.88. The molecule has 0 aromatic rings. The molecule has 0 heterocycles. The van der Waals surface area contributed by atoms with Crippen molar-refractivity contribution >= 4 is 17.5 Å². The maximum absolute atomic E-state index is 11.9. The van der Waals surface area contributed by atoms with Gasteiger partial charge in [0, 0.05) is 18.3 Å². The van der Waals surface area contributed by atoms with E-state index < -0.39 is 0 Å². The monoisotopic (exact) mass is 245 g/mol. The number of nitrogens with one attached hydrogen (secondary N) is 1. The van der Waals surface area contributed by atoms with Crippen LogP contribution in [-0.2, 0) is 9.53 Å². The minimum absolute atomic E-state index is 0.238. The zero-order chi connectivity index (χ0) is 11.4. The number of hydrogen-bond donors (Lipinski definition) is 1. The van der Waals surface area contributed by atoms with E-state index in [1.807, 2.05) is 0 Å². The van der Waals surface area contributed by atoms with Gasteiger partial charge < -0.3 is 10.1 Å². The van der Waals surface area contributed by atoms with Gasteiger partial charge in [0.1, 0.15) is 0 Å². The summed E-state index contributed by atoms with van der Waals surface area (Å²) in [4.78, 5) is 11.9. The molecule has 0 aromatic heterocycles. The van der Waals surface area contributed by atoms with Crippen molar-refractivity contribution in [3.8, 4) is 0 Å². The predicted molar refractivity (Wildman–Crippen MR) is 63.5 cm³/mol. The van der Waals surface area contributed by atoms with Gasteiger partial charge in [-0.15, -0.1) is 11.6 Å². The molecule has 2 aliphatic rings. The highest BCUT2D eigenvalue weighted by molar-refractivity contribution is 6.17. The fraction of sp³-hybridized carbons (Fsp3) is 0.917. The molecule has 0 aromatic carbocycles. The van der Waals surface area contributed by atoms with E-state index in [4.69, 9.17) is 16.3 Å². The Morgan fingerprint density at radius 1 is 1.31 bits per heavy atom. The lowest BCUT2D eigenvalue weighted by molar-refractivity contribution is -0.126. The van der Waals surface area contributed by atoms with Gasteiger partial charge in [0.15, 0.2) is 0 Å². The summed E-state index contributed by atoms with van der Waals surface area (Å²) in [5.74, 6) is 2.52. The third kappa shape index (κ3) is 2.89. The van der Waals surface area contributed by atoms with Crippen molar-refractivity contribution in [2.75, 3.05) is 25.6 Å². The van der Waals surface area contributed by atoms with E-state index in [0.29, 0.717) is 31.6 Å². The van der Waals surface area contributed by atoms with Crippen LogP contribution in [0, 0.1) is 17.8 Å². The number of ether oxygens (including phenoxy) is 1. The number of amides is 1. The normalized spacial score (nSPS) is 31.9. The first-order valence-corrected chi connectivity index (χ1v) is 6.76. The smallest absolute Gasteiger partial charge is 0.223 e. The van der Waals surface area contributed by atoms with Crippen molar-refractivity contribution in [1.82, 2.24) is 5.32 Å². The molecule has 0 saturated heterocycles. The van der Waals surface area contributed by atoms with Crippen LogP contribution in [0.25, 0.3) is 0 Å². The van der Waals surface area contributed by atoms with E-state index in [1.165, 1.54) is 19.3 Å². The van der Waals surface area contributed by atoms with Crippen LogP contribution in [0.2, 0.25) is 0 Å². The van der Waals surface area contributed by atoms with Crippen molar-refractivity contribution in [3.63, 3.8) is 0 Å². The summed E-state index contributed by atoms with van der Waals surface area (Å²) >= 11 is 5.48. The Hall–Kier alpha value is -0.280. The highest BCUT2D eigenvalue weighted by atomic mass is 35.5. The molecule has 3 nitrogen and oxygen atoms in total. The predicted octanol–water partition coefficient (Wildman–Crippen LogP) is 1.79. The Bertz CT molecular complexity index is 247. The van der Waals surface area contributed by atoms with Crippen LogP contribution in [0.3, 0.4) is 0 Å². The molecule has 2 fully saturated rings. The maximum atomic E-state index is 11.9. The maximum Gasteiger partial charge on any atom is 0.223 e. The van der Waals surface area contributed by atoms with Crippen molar-refractivity contribution < 1.29 is 9.53 Å². The second-order valence-corrected chi connectivity index (χ2v) is 5.25. The molecule has 3 atom stereocenters. The number of hydrogen-bond acceptors (Lipinski definition) is 2. The first-order chi connectivity index (χ1) is 7.81. The number of carbonyl (C=O) groups is 1. The summed E-state index contributed by atoms with van der Waals surface area (Å²) in [5.41, 5.74) is 0. The van der Waals surface area contributed by atoms with Crippen LogP contribution in [0.4, 0.5) is 0 Å². The minimum Gasteiger partial charge on any atom is -0.378 e. The Balaban J connectivity index is 1.61. The van der Waals surface area contributed by atoms with Crippen molar-refractivity contribution in [2.45, 2.75) is 25.7 Å². The Morgan fingerprint density at radius 2 is 2.19 bits per heavy atom. The van der Waals surface area contributed by atoms with Gasteiger partial charge in [-0.1, -0.05) is 6.42 Å². The molecule has 92 valence electrons. The lowest BCUT2D eigenvalue weighted by Crippen LogP contribution is -2.35. The van der Waals surface area contributed by atoms with Crippen molar-refractivity contribution in [2.24, 2.45) is 17.8 Å². The largest absolute Gasteiger partial charge is 0.378 e. The molecule has 1 N–H and O–H groups in total. The summed E-state index contributed by atoms with van der Waals surface area (Å²) in [5, 5.41) is 2.96. The molecular weight excluding hydrogens is 226 g/mol. The summed E-state index contributed by atoms with van der Waals surface area (Å²) in [6.45, 7) is 1.74. The standard InChI is InChI=1S/C12H20ClNO2/c13-3-5-16-6-4-14-12(15)11-8-9-1-2-10(11)7-9/h9-11H,1-8H2,(H,14,15). The van der Waals surface area contributed by atoms with E-state index in [1.54, 1.807) is 0 Å². The van der Waals surface area contributed by atoms with E-state index >= 15 is 0 Å². The molecule has 2 saturated carbocycles. The van der Waals surface area contributed by atoms with Gasteiger partial charge in [-0.25, -0.2) is 0 Å². The van der Waals surface area contributed by atoms with Gasteiger partial charge in [0.2, 0.25) is 5.91 Å². The first-order valence-electron chi connectivity index (χ1n) is 6.22. The highest BCUT2D eigenvalue weighted by Crippen LogP contribution is 2.48. The third-order valence-electron chi connectivity index (χ3n) is 3.84. The van der Waals surface area contributed by atoms with Crippen molar-refractivity contribution in [1.29, 1.82) is 0 Å². The fourth-order valence-electron chi connectivity index (χ4n) is 3.10. The third-order valence-corrected chi connectivity index (χ3v) is 4.00. The molecule has 0 aliphatic heterocycles. The summed E-state index contributed by atoms with van der Waals surface area (Å²) in [7, 11) is 0. The second-order valence-electron chi connectivity index (χ2n) is 4.87. The van der Waals surface area contributed by atoms with Gasteiger partial charge in [0.05, 0.1) is 13.2 Å². The van der Waals surface area contributed by atoms with Crippen LogP contribution >= 0.6 is 11.6 Å². The van der Waals surface area contributed by atoms with E-state index in [2.05, 4.69) is 5.32 Å². The zero-order valence-corrected chi connectivity index (χ0v) is 10.3. The molecule has 4 heteroatoms. The van der Waals surface area contributed by atoms with Gasteiger partial charge in [-0.05, 0) is 31.1 Å². The molecule has 2 bridgehead atoms. The topological polar surface area (TPSA) is 38.3 Å². The number of halogens is 1. The number of rotatable bonds is 6. The van der Waals surface area contributed by atoms with Crippen LogP contribution < -0.4 is 5.32 Å². The number of fused-ring (bicyclic) bond motifs is 2. The number of carbonyl (C=O) groups excluding carboxylic acids is 1. The molecule has 3 unspecified atom stereocenters. The SMILES string of the molecule is O=C(NCCOCCCl)C1CC2CCC1C2. The molecule has 2 rings (SSSR count). The molecule has 1 amide bonds. The van der Waals surface area contributed by atoms with Crippen molar-refractivity contribution in [3.05, 3.63) is 0 Å². The number of alkyl halides is 1. The Morgan fingerprint density at radius 3 is 2.81 bits per heavy atom. The highest BCUT2D eigenvalue weighted by Gasteiger charge is 2.42. The molecule has 16 heavy (non-hydrogen) atoms. The summed E-state index contributed by atoms with van der Waals surface area (Å²) < 4.78 is 5.21. The lowest BCUT2D eigenvalue weighted by Gasteiger charge is -2.20. The summed E-state index contributed by atoms with van der Waals surface area (Å²) in [6.07, 6.45) is 4.98. The van der Waals surface area contributed by atoms with Crippen LogP contribution in [0.15, 0.2) is 0 Å². The van der Waals surface area contributed by atoms with E-state index in [9.17, 15) is 4.79 Å². The Labute approximate surface area is 102 Å². The van der Waals surface area contributed by atoms with Crippen LogP contribution in [0.5, 0.6) is 0 Å². The quantitative estimate of drug-likeness (QED) is 0.573. The van der Waals surface area contributed by atoms with Gasteiger partial charge in [0.25, 0.3) is 0 Å². The zero-order valence-electron chi connectivity index (χ0n) is 9.58. The molecule has 2 aliphatic carbocycles. The van der Waals surface area contributed by atoms with Gasteiger partial charge in [-0.3, -0.25) is 4.79 Å². The first kappa shape index (κ1) is 12.2. The van der Waals surface area contributed by atoms with Gasteiger partial charge >= 0.3 is 0 Å². The van der Waals surface area contributed by atoms with Crippen LogP contribution in [-0.4, -0.2) is 31.5 Å². The Kier molecular flexibility index (Phi) is 4.47. The van der Waals surface area contributed by atoms with E-state index in [0.717, 1.165) is 12.3 Å². The van der Waals surface area contributed by atoms with E-state index in [-0.39, 0.29) is 11.8 Å². The van der Waals surface area contributed by atoms with Gasteiger partial charge in [-0.2, -0.15) is 0 Å². The van der Waals surface area contributed by atoms with Crippen LogP contribution in [0.1, 0.15) is 25.7 Å². The fourth-order valence-corrected chi connectivity index (χ4v) is 3.21. The average Bonchev–Trinajstić information content (AvgIpc) is 2.90. The summed E-state index contributed by atoms with van der Waals surface area (Å²) in [6, 6.07) is 0. The average molecular weight is 246 g/mol. The molecular formula is C12H20ClNO2. The minimum atomic E-state index is 0.238.